The van der Waals surface area contributed by atoms with Crippen molar-refractivity contribution in [3.8, 4) is 0 Å². The van der Waals surface area contributed by atoms with Gasteiger partial charge in [-0.25, -0.2) is 4.39 Å². The number of hydrazone groups is 1. The van der Waals surface area contributed by atoms with E-state index in [2.05, 4.69) is 5.10 Å². The van der Waals surface area contributed by atoms with Crippen molar-refractivity contribution in [3.63, 3.8) is 0 Å². The normalized spacial score (nSPS) is 12.2. The number of benzene rings is 1. The number of amidine groups is 1. The monoisotopic (exact) mass is 317 g/mol. The maximum Gasteiger partial charge on any atom is 0.398 e. The average Bonchev–Trinajstić information content (AvgIpc) is 2.25. The van der Waals surface area contributed by atoms with E-state index >= 15 is 0 Å². The molecule has 0 heterocycles. The highest BCUT2D eigenvalue weighted by molar-refractivity contribution is 7.99. The van der Waals surface area contributed by atoms with E-state index in [4.69, 9.17) is 11.6 Å². The van der Waals surface area contributed by atoms with Gasteiger partial charge in [-0.05, 0) is 24.6 Å². The van der Waals surface area contributed by atoms with Gasteiger partial charge in [0.15, 0.2) is 5.84 Å². The molecule has 1 rings (SSSR count). The standard InChI is InChI=1S/C10H11F4N3S.ClH/c1-5-2-7(11)6(9(15)17-16)3-8(5)18-4-10(12,13)14;/h2-3H,4,16H2,1H3,(H2,15,17);1H. The van der Waals surface area contributed by atoms with Crippen LogP contribution in [0.1, 0.15) is 11.1 Å². The molecule has 0 aromatic heterocycles. The van der Waals surface area contributed by atoms with Crippen LogP contribution in [0.2, 0.25) is 0 Å². The number of alkyl halides is 3. The van der Waals surface area contributed by atoms with Gasteiger partial charge < -0.3 is 11.6 Å². The summed E-state index contributed by atoms with van der Waals surface area (Å²) in [5.74, 6) is 2.92. The lowest BCUT2D eigenvalue weighted by atomic mass is 10.1. The topological polar surface area (TPSA) is 64.4 Å². The maximum absolute atomic E-state index is 13.5. The summed E-state index contributed by atoms with van der Waals surface area (Å²) in [6.45, 7) is 1.52. The van der Waals surface area contributed by atoms with Crippen LogP contribution < -0.4 is 11.6 Å². The Morgan fingerprint density at radius 2 is 1.95 bits per heavy atom. The largest absolute Gasteiger partial charge is 0.398 e. The van der Waals surface area contributed by atoms with Crippen molar-refractivity contribution in [2.75, 3.05) is 5.75 Å². The van der Waals surface area contributed by atoms with Gasteiger partial charge >= 0.3 is 6.18 Å². The summed E-state index contributed by atoms with van der Waals surface area (Å²) in [5, 5.41) is 3.12. The molecule has 1 aromatic rings. The van der Waals surface area contributed by atoms with E-state index in [-0.39, 0.29) is 28.7 Å². The molecule has 0 unspecified atom stereocenters. The molecule has 19 heavy (non-hydrogen) atoms. The molecule has 0 spiro atoms. The molecule has 3 nitrogen and oxygen atoms in total. The van der Waals surface area contributed by atoms with Gasteiger partial charge in [-0.15, -0.1) is 24.2 Å². The second-order valence-corrected chi connectivity index (χ2v) is 4.53. The molecule has 108 valence electrons. The Balaban J connectivity index is 0.00000324. The molecule has 0 aliphatic rings. The predicted molar refractivity (Wildman–Crippen MR) is 70.1 cm³/mol. The van der Waals surface area contributed by atoms with Crippen molar-refractivity contribution in [1.82, 2.24) is 0 Å². The Hall–Kier alpha value is -1.15. The first-order valence-electron chi connectivity index (χ1n) is 4.78. The van der Waals surface area contributed by atoms with Gasteiger partial charge in [0.25, 0.3) is 0 Å². The molecule has 0 aliphatic carbocycles. The fourth-order valence-electron chi connectivity index (χ4n) is 1.23. The second kappa shape index (κ2) is 6.85. The number of nitrogens with zero attached hydrogens (tertiary/aromatic N) is 1. The number of thioether (sulfide) groups is 1. The summed E-state index contributed by atoms with van der Waals surface area (Å²) in [4.78, 5) is 0.287. The highest BCUT2D eigenvalue weighted by Crippen LogP contribution is 2.30. The fraction of sp³-hybridized carbons (Fsp3) is 0.300. The van der Waals surface area contributed by atoms with E-state index in [9.17, 15) is 17.6 Å². The Kier molecular flexibility index (Phi) is 6.44. The van der Waals surface area contributed by atoms with Crippen molar-refractivity contribution in [1.29, 1.82) is 0 Å². The Labute approximate surface area is 117 Å². The molecule has 0 radical (unpaired) electrons. The fourth-order valence-corrected chi connectivity index (χ4v) is 2.04. The van der Waals surface area contributed by atoms with Gasteiger partial charge in [0, 0.05) is 4.90 Å². The summed E-state index contributed by atoms with van der Waals surface area (Å²) < 4.78 is 49.8. The zero-order chi connectivity index (χ0) is 13.9. The van der Waals surface area contributed by atoms with Crippen LogP contribution in [0.25, 0.3) is 0 Å². The van der Waals surface area contributed by atoms with Crippen LogP contribution in [0.4, 0.5) is 17.6 Å². The summed E-state index contributed by atoms with van der Waals surface area (Å²) in [6.07, 6.45) is -4.29. The maximum atomic E-state index is 13.5. The zero-order valence-electron chi connectivity index (χ0n) is 9.79. The summed E-state index contributed by atoms with van der Waals surface area (Å²) in [6, 6.07) is 2.32. The molecule has 0 atom stereocenters. The van der Waals surface area contributed by atoms with Crippen molar-refractivity contribution in [3.05, 3.63) is 29.1 Å². The van der Waals surface area contributed by atoms with Crippen molar-refractivity contribution < 1.29 is 17.6 Å². The van der Waals surface area contributed by atoms with Crippen LogP contribution in [0, 0.1) is 12.7 Å². The lowest BCUT2D eigenvalue weighted by molar-refractivity contribution is -0.105. The molecule has 4 N–H and O–H groups in total. The third-order valence-corrected chi connectivity index (χ3v) is 3.29. The lowest BCUT2D eigenvalue weighted by Crippen LogP contribution is -2.18. The number of halogens is 5. The van der Waals surface area contributed by atoms with Gasteiger partial charge in [0.2, 0.25) is 0 Å². The average molecular weight is 318 g/mol. The number of hydrogen-bond donors (Lipinski definition) is 2. The molecule has 0 saturated carbocycles. The first-order chi connectivity index (χ1) is 8.24. The van der Waals surface area contributed by atoms with Crippen molar-refractivity contribution >= 4 is 30.0 Å². The van der Waals surface area contributed by atoms with E-state index in [1.54, 1.807) is 0 Å². The molecule has 0 saturated heterocycles. The molecule has 0 fully saturated rings. The minimum atomic E-state index is -4.29. The number of aryl methyl sites for hydroxylation is 1. The zero-order valence-corrected chi connectivity index (χ0v) is 11.4. The molecule has 0 aliphatic heterocycles. The Morgan fingerprint density at radius 3 is 2.42 bits per heavy atom. The first kappa shape index (κ1) is 17.8. The summed E-state index contributed by atoms with van der Waals surface area (Å²) in [7, 11) is 0. The smallest absolute Gasteiger partial charge is 0.382 e. The van der Waals surface area contributed by atoms with Crippen LogP contribution in [0.15, 0.2) is 22.1 Å². The molecule has 1 aromatic carbocycles. The van der Waals surface area contributed by atoms with E-state index in [0.717, 1.165) is 6.07 Å². The molecular formula is C10H12ClF4N3S. The highest BCUT2D eigenvalue weighted by atomic mass is 35.5. The minimum absolute atomic E-state index is 0. The number of hydrogen-bond acceptors (Lipinski definition) is 3. The van der Waals surface area contributed by atoms with Gasteiger partial charge in [-0.1, -0.05) is 0 Å². The summed E-state index contributed by atoms with van der Waals surface area (Å²) in [5.41, 5.74) is 5.64. The van der Waals surface area contributed by atoms with Gasteiger partial charge in [-0.2, -0.15) is 18.3 Å². The van der Waals surface area contributed by atoms with Crippen LogP contribution in [-0.4, -0.2) is 17.8 Å². The van der Waals surface area contributed by atoms with E-state index in [1.165, 1.54) is 13.0 Å². The minimum Gasteiger partial charge on any atom is -0.382 e. The number of nitrogens with two attached hydrogens (primary N) is 2. The van der Waals surface area contributed by atoms with Crippen LogP contribution in [0.3, 0.4) is 0 Å². The van der Waals surface area contributed by atoms with Crippen LogP contribution in [-0.2, 0) is 0 Å². The van der Waals surface area contributed by atoms with Gasteiger partial charge in [0.05, 0.1) is 11.3 Å². The van der Waals surface area contributed by atoms with Gasteiger partial charge in [0.1, 0.15) is 5.82 Å². The third kappa shape index (κ3) is 5.15. The van der Waals surface area contributed by atoms with Crippen LogP contribution in [0.5, 0.6) is 0 Å². The number of rotatable bonds is 3. The highest BCUT2D eigenvalue weighted by Gasteiger charge is 2.27. The third-order valence-electron chi connectivity index (χ3n) is 2.07. The SMILES string of the molecule is Cc1cc(F)c(/C(N)=N/N)cc1SCC(F)(F)F.Cl. The first-order valence-corrected chi connectivity index (χ1v) is 5.76. The second-order valence-electron chi connectivity index (χ2n) is 3.52. The Bertz CT molecular complexity index is 477. The molecule has 9 heteroatoms. The quantitative estimate of drug-likeness (QED) is 0.225. The van der Waals surface area contributed by atoms with Crippen LogP contribution >= 0.6 is 24.2 Å². The van der Waals surface area contributed by atoms with E-state index in [0.29, 0.717) is 17.3 Å². The lowest BCUT2D eigenvalue weighted by Gasteiger charge is -2.11. The van der Waals surface area contributed by atoms with E-state index in [1.807, 2.05) is 0 Å². The Morgan fingerprint density at radius 1 is 1.37 bits per heavy atom. The summed E-state index contributed by atoms with van der Waals surface area (Å²) >= 11 is 0.562. The molecular weight excluding hydrogens is 306 g/mol. The predicted octanol–water partition coefficient (Wildman–Crippen LogP) is 2.79. The van der Waals surface area contributed by atoms with Gasteiger partial charge in [-0.3, -0.25) is 0 Å². The molecule has 0 amide bonds. The van der Waals surface area contributed by atoms with Crippen molar-refractivity contribution in [2.24, 2.45) is 16.7 Å². The molecule has 0 bridgehead atoms. The van der Waals surface area contributed by atoms with E-state index < -0.39 is 17.7 Å². The van der Waals surface area contributed by atoms with Crippen molar-refractivity contribution in [2.45, 2.75) is 18.0 Å².